The van der Waals surface area contributed by atoms with Gasteiger partial charge in [-0.05, 0) is 35.3 Å². The fourth-order valence-electron chi connectivity index (χ4n) is 3.56. The molecule has 0 amide bonds. The minimum atomic E-state index is 0. The number of nitrogens with one attached hydrogen (secondary N) is 1. The van der Waals surface area contributed by atoms with Gasteiger partial charge in [-0.1, -0.05) is 52.0 Å². The van der Waals surface area contributed by atoms with E-state index in [1.807, 2.05) is 0 Å². The first kappa shape index (κ1) is 22.2. The highest BCUT2D eigenvalue weighted by atomic mass is 127. The molecule has 2 unspecified atom stereocenters. The molecule has 2 rings (SSSR count). The van der Waals surface area contributed by atoms with Crippen LogP contribution in [0.1, 0.15) is 45.2 Å². The van der Waals surface area contributed by atoms with Crippen molar-refractivity contribution in [2.45, 2.75) is 47.2 Å². The lowest BCUT2D eigenvalue weighted by atomic mass is 9.91. The van der Waals surface area contributed by atoms with Gasteiger partial charge in [0.25, 0.3) is 0 Å². The Morgan fingerprint density at radius 1 is 1.20 bits per heavy atom. The van der Waals surface area contributed by atoms with E-state index >= 15 is 0 Å². The molecule has 1 aromatic rings. The van der Waals surface area contributed by atoms with E-state index in [0.29, 0.717) is 18.4 Å². The van der Waals surface area contributed by atoms with Crippen molar-refractivity contribution >= 4 is 29.9 Å². The third kappa shape index (κ3) is 7.94. The largest absolute Gasteiger partial charge is 0.370 e. The summed E-state index contributed by atoms with van der Waals surface area (Å²) in [4.78, 5) is 7.10. The van der Waals surface area contributed by atoms with Crippen LogP contribution in [0.4, 0.5) is 0 Å². The molecule has 0 aliphatic carbocycles. The summed E-state index contributed by atoms with van der Waals surface area (Å²) in [5.41, 5.74) is 8.62. The van der Waals surface area contributed by atoms with Crippen LogP contribution < -0.4 is 11.1 Å². The summed E-state index contributed by atoms with van der Waals surface area (Å²) < 4.78 is 0. The molecule has 2 atom stereocenters. The first-order valence-electron chi connectivity index (χ1n) is 9.27. The zero-order valence-electron chi connectivity index (χ0n) is 16.2. The molecule has 142 valence electrons. The molecule has 0 saturated carbocycles. The van der Waals surface area contributed by atoms with E-state index in [0.717, 1.165) is 24.9 Å². The van der Waals surface area contributed by atoms with Gasteiger partial charge in [0.2, 0.25) is 0 Å². The van der Waals surface area contributed by atoms with Crippen LogP contribution in [0.3, 0.4) is 0 Å². The Labute approximate surface area is 170 Å². The molecular formula is C20H35IN4. The highest BCUT2D eigenvalue weighted by Crippen LogP contribution is 2.23. The van der Waals surface area contributed by atoms with Crippen LogP contribution >= 0.6 is 24.0 Å². The van der Waals surface area contributed by atoms with E-state index in [1.165, 1.54) is 30.6 Å². The number of nitrogens with zero attached hydrogens (tertiary/aromatic N) is 2. The van der Waals surface area contributed by atoms with E-state index in [2.05, 4.69) is 67.2 Å². The molecular weight excluding hydrogens is 423 g/mol. The van der Waals surface area contributed by atoms with E-state index in [-0.39, 0.29) is 24.0 Å². The number of likely N-dealkylation sites (tertiary alicyclic amines) is 1. The maximum absolute atomic E-state index is 5.97. The van der Waals surface area contributed by atoms with Gasteiger partial charge in [-0.2, -0.15) is 0 Å². The maximum atomic E-state index is 5.97. The van der Waals surface area contributed by atoms with Crippen molar-refractivity contribution < 1.29 is 0 Å². The Hall–Kier alpha value is -0.820. The molecule has 0 spiro atoms. The van der Waals surface area contributed by atoms with Gasteiger partial charge < -0.3 is 11.1 Å². The molecule has 1 aliphatic heterocycles. The summed E-state index contributed by atoms with van der Waals surface area (Å²) in [6.07, 6.45) is 1.35. The van der Waals surface area contributed by atoms with Gasteiger partial charge in [0.05, 0.1) is 6.54 Å². The molecule has 1 saturated heterocycles. The summed E-state index contributed by atoms with van der Waals surface area (Å²) in [6, 6.07) is 8.62. The lowest BCUT2D eigenvalue weighted by Crippen LogP contribution is -2.38. The van der Waals surface area contributed by atoms with Crippen molar-refractivity contribution in [2.24, 2.45) is 28.5 Å². The van der Waals surface area contributed by atoms with E-state index in [1.54, 1.807) is 0 Å². The molecule has 0 bridgehead atoms. The predicted octanol–water partition coefficient (Wildman–Crippen LogP) is 3.84. The molecule has 1 fully saturated rings. The number of guanidine groups is 1. The SMILES string of the molecule is CC(C)CNC(N)=NCc1ccccc1CN1CC(C)CC(C)C1.I. The van der Waals surface area contributed by atoms with Crippen LogP contribution in [0.5, 0.6) is 0 Å². The van der Waals surface area contributed by atoms with Crippen LogP contribution in [0.2, 0.25) is 0 Å². The molecule has 1 aromatic carbocycles. The van der Waals surface area contributed by atoms with Gasteiger partial charge in [0.15, 0.2) is 5.96 Å². The van der Waals surface area contributed by atoms with Crippen LogP contribution in [-0.2, 0) is 13.1 Å². The number of piperidine rings is 1. The monoisotopic (exact) mass is 458 g/mol. The van der Waals surface area contributed by atoms with Crippen molar-refractivity contribution in [3.05, 3.63) is 35.4 Å². The second kappa shape index (κ2) is 11.0. The van der Waals surface area contributed by atoms with Crippen molar-refractivity contribution in [2.75, 3.05) is 19.6 Å². The van der Waals surface area contributed by atoms with Crippen LogP contribution in [0.25, 0.3) is 0 Å². The third-order valence-electron chi connectivity index (χ3n) is 4.57. The molecule has 0 aromatic heterocycles. The highest BCUT2D eigenvalue weighted by molar-refractivity contribution is 14.0. The van der Waals surface area contributed by atoms with Gasteiger partial charge in [-0.25, -0.2) is 4.99 Å². The van der Waals surface area contributed by atoms with Gasteiger partial charge in [-0.3, -0.25) is 4.90 Å². The molecule has 1 aliphatic rings. The smallest absolute Gasteiger partial charge is 0.188 e. The number of nitrogens with two attached hydrogens (primary N) is 1. The number of hydrogen-bond donors (Lipinski definition) is 2. The Balaban J connectivity index is 0.00000312. The van der Waals surface area contributed by atoms with Crippen molar-refractivity contribution in [1.29, 1.82) is 0 Å². The van der Waals surface area contributed by atoms with Crippen LogP contribution in [0.15, 0.2) is 29.3 Å². The normalized spacial score (nSPS) is 21.9. The predicted molar refractivity (Wildman–Crippen MR) is 118 cm³/mol. The van der Waals surface area contributed by atoms with E-state index in [4.69, 9.17) is 5.73 Å². The summed E-state index contributed by atoms with van der Waals surface area (Å²) >= 11 is 0. The third-order valence-corrected chi connectivity index (χ3v) is 4.57. The summed E-state index contributed by atoms with van der Waals surface area (Å²) in [5, 5.41) is 3.18. The quantitative estimate of drug-likeness (QED) is 0.387. The van der Waals surface area contributed by atoms with Crippen molar-refractivity contribution in [3.8, 4) is 0 Å². The highest BCUT2D eigenvalue weighted by Gasteiger charge is 2.22. The zero-order valence-corrected chi connectivity index (χ0v) is 18.5. The summed E-state index contributed by atoms with van der Waals surface area (Å²) in [7, 11) is 0. The van der Waals surface area contributed by atoms with E-state index in [9.17, 15) is 0 Å². The lowest BCUT2D eigenvalue weighted by Gasteiger charge is -2.35. The molecule has 5 heteroatoms. The second-order valence-electron chi connectivity index (χ2n) is 7.89. The van der Waals surface area contributed by atoms with Gasteiger partial charge in [-0.15, -0.1) is 24.0 Å². The number of benzene rings is 1. The van der Waals surface area contributed by atoms with Gasteiger partial charge in [0, 0.05) is 26.2 Å². The Kier molecular flexibility index (Phi) is 9.79. The minimum Gasteiger partial charge on any atom is -0.370 e. The number of aliphatic imine (C=N–C) groups is 1. The molecule has 0 radical (unpaired) electrons. The Morgan fingerprint density at radius 2 is 1.80 bits per heavy atom. The maximum Gasteiger partial charge on any atom is 0.188 e. The molecule has 4 nitrogen and oxygen atoms in total. The summed E-state index contributed by atoms with van der Waals surface area (Å²) in [5.74, 6) is 2.68. The minimum absolute atomic E-state index is 0. The number of hydrogen-bond acceptors (Lipinski definition) is 2. The lowest BCUT2D eigenvalue weighted by molar-refractivity contribution is 0.134. The van der Waals surface area contributed by atoms with Gasteiger partial charge >= 0.3 is 0 Å². The second-order valence-corrected chi connectivity index (χ2v) is 7.89. The van der Waals surface area contributed by atoms with Crippen LogP contribution in [0, 0.1) is 17.8 Å². The van der Waals surface area contributed by atoms with Gasteiger partial charge in [0.1, 0.15) is 0 Å². The summed E-state index contributed by atoms with van der Waals surface area (Å²) in [6.45, 7) is 14.0. The number of halogens is 1. The fraction of sp³-hybridized carbons (Fsp3) is 0.650. The zero-order chi connectivity index (χ0) is 17.5. The Morgan fingerprint density at radius 3 is 2.40 bits per heavy atom. The molecule has 1 heterocycles. The first-order chi connectivity index (χ1) is 11.4. The molecule has 25 heavy (non-hydrogen) atoms. The average Bonchev–Trinajstić information content (AvgIpc) is 2.51. The number of rotatable bonds is 6. The van der Waals surface area contributed by atoms with Crippen LogP contribution in [-0.4, -0.2) is 30.5 Å². The first-order valence-corrected chi connectivity index (χ1v) is 9.27. The van der Waals surface area contributed by atoms with Crippen molar-refractivity contribution in [1.82, 2.24) is 10.2 Å². The standard InChI is InChI=1S/C20H34N4.HI/c1-15(2)10-22-20(21)23-11-18-7-5-6-8-19(18)14-24-12-16(3)9-17(4)13-24;/h5-8,15-17H,9-14H2,1-4H3,(H3,21,22,23);1H. The molecule has 3 N–H and O–H groups in total. The Bertz CT molecular complexity index is 534. The van der Waals surface area contributed by atoms with E-state index < -0.39 is 0 Å². The topological polar surface area (TPSA) is 53.6 Å². The average molecular weight is 458 g/mol. The van der Waals surface area contributed by atoms with Crippen molar-refractivity contribution in [3.63, 3.8) is 0 Å². The fourth-order valence-corrected chi connectivity index (χ4v) is 3.56.